The van der Waals surface area contributed by atoms with Crippen molar-refractivity contribution in [2.24, 2.45) is 11.7 Å². The van der Waals surface area contributed by atoms with Crippen LogP contribution in [0.5, 0.6) is 0 Å². The molecule has 2 amide bonds. The van der Waals surface area contributed by atoms with Gasteiger partial charge in [-0.15, -0.1) is 0 Å². The van der Waals surface area contributed by atoms with Gasteiger partial charge < -0.3 is 36.1 Å². The maximum atomic E-state index is 12.4. The molecule has 0 saturated carbocycles. The molecule has 0 saturated heterocycles. The summed E-state index contributed by atoms with van der Waals surface area (Å²) in [5.74, 6) is -3.74. The molecule has 0 aromatic carbocycles. The van der Waals surface area contributed by atoms with Gasteiger partial charge in [-0.25, -0.2) is 0 Å². The van der Waals surface area contributed by atoms with Gasteiger partial charge in [0.15, 0.2) is 5.78 Å². The van der Waals surface area contributed by atoms with Gasteiger partial charge in [0.2, 0.25) is 11.8 Å². The van der Waals surface area contributed by atoms with Crippen LogP contribution in [0.3, 0.4) is 0 Å². The summed E-state index contributed by atoms with van der Waals surface area (Å²) in [4.78, 5) is 69.7. The molecule has 0 rings (SSSR count). The topological polar surface area (TPSA) is 211 Å². The van der Waals surface area contributed by atoms with Gasteiger partial charge in [-0.2, -0.15) is 0 Å². The van der Waals surface area contributed by atoms with E-state index in [1.165, 1.54) is 57.8 Å². The number of ketones is 2. The Bertz CT molecular complexity index is 931. The van der Waals surface area contributed by atoms with Gasteiger partial charge in [-0.3, -0.25) is 28.8 Å². The molecule has 0 fully saturated rings. The molecule has 6 N–H and O–H groups in total. The molecule has 49 heavy (non-hydrogen) atoms. The fourth-order valence-corrected chi connectivity index (χ4v) is 5.34. The lowest BCUT2D eigenvalue weighted by Gasteiger charge is -2.12. The van der Waals surface area contributed by atoms with E-state index in [-0.39, 0.29) is 82.7 Å². The first-order chi connectivity index (χ1) is 23.6. The lowest BCUT2D eigenvalue weighted by molar-refractivity contribution is -0.144. The summed E-state index contributed by atoms with van der Waals surface area (Å²) < 4.78 is 10.5. The number of ether oxygens (including phenoxy) is 2. The van der Waals surface area contributed by atoms with Crippen LogP contribution in [0.15, 0.2) is 0 Å². The van der Waals surface area contributed by atoms with Gasteiger partial charge in [0.25, 0.3) is 0 Å². The summed E-state index contributed by atoms with van der Waals surface area (Å²) in [6.45, 7) is 1.97. The van der Waals surface area contributed by atoms with E-state index in [1.807, 2.05) is 0 Å². The average molecular weight is 700 g/mol. The minimum atomic E-state index is -1.07. The molecule has 0 aliphatic carbocycles. The lowest BCUT2D eigenvalue weighted by Crippen LogP contribution is -2.42. The Kier molecular flexibility index (Phi) is 30.4. The monoisotopic (exact) mass is 699 g/mol. The van der Waals surface area contributed by atoms with Crippen molar-refractivity contribution in [3.63, 3.8) is 0 Å². The maximum Gasteiger partial charge on any atom is 0.306 e. The zero-order valence-electron chi connectivity index (χ0n) is 30.0. The van der Waals surface area contributed by atoms with E-state index in [4.69, 9.17) is 20.3 Å². The number of nitrogens with two attached hydrogens (primary N) is 1. The van der Waals surface area contributed by atoms with Gasteiger partial charge >= 0.3 is 11.9 Å². The normalized spacial score (nSPS) is 12.3. The van der Waals surface area contributed by atoms with E-state index in [0.29, 0.717) is 6.42 Å². The number of nitrogens with one attached hydrogen (secondary N) is 2. The molecular weight excluding hydrogens is 634 g/mol. The van der Waals surface area contributed by atoms with Crippen LogP contribution in [-0.2, 0) is 38.2 Å². The third-order valence-electron chi connectivity index (χ3n) is 8.37. The first-order valence-corrected chi connectivity index (χ1v) is 18.5. The van der Waals surface area contributed by atoms with E-state index in [1.54, 1.807) is 6.92 Å². The van der Waals surface area contributed by atoms with Crippen LogP contribution in [0.2, 0.25) is 0 Å². The highest BCUT2D eigenvalue weighted by Crippen LogP contribution is 2.17. The smallest absolute Gasteiger partial charge is 0.306 e. The van der Waals surface area contributed by atoms with Crippen LogP contribution >= 0.6 is 0 Å². The SMILES string of the molecule is C[C@H](NC(=O)COCCOCCNC(=O)CC[C@H](CC(=O)CCCCCCCCCCCCCCCCCCC(=O)O)C(=O)O)C(=O)CN. The predicted molar refractivity (Wildman–Crippen MR) is 187 cm³/mol. The highest BCUT2D eigenvalue weighted by atomic mass is 16.5. The summed E-state index contributed by atoms with van der Waals surface area (Å²) in [5.41, 5.74) is 5.25. The van der Waals surface area contributed by atoms with Crippen LogP contribution < -0.4 is 16.4 Å². The number of hydrogen-bond acceptors (Lipinski definition) is 9. The van der Waals surface area contributed by atoms with Crippen LogP contribution in [-0.4, -0.2) is 91.1 Å². The largest absolute Gasteiger partial charge is 0.481 e. The number of rotatable bonds is 36. The average Bonchev–Trinajstić information content (AvgIpc) is 3.06. The Morgan fingerprint density at radius 2 is 1.12 bits per heavy atom. The second-order valence-corrected chi connectivity index (χ2v) is 12.8. The zero-order chi connectivity index (χ0) is 36.5. The van der Waals surface area contributed by atoms with E-state index in [0.717, 1.165) is 44.9 Å². The Labute approximate surface area is 293 Å². The Hall–Kier alpha value is -2.90. The number of amides is 2. The van der Waals surface area contributed by atoms with E-state index < -0.39 is 29.8 Å². The summed E-state index contributed by atoms with van der Waals surface area (Å²) in [6, 6.07) is -0.673. The fraction of sp³-hybridized carbons (Fsp3) is 0.833. The third kappa shape index (κ3) is 30.9. The summed E-state index contributed by atoms with van der Waals surface area (Å²) >= 11 is 0. The van der Waals surface area contributed by atoms with Crippen LogP contribution in [0.1, 0.15) is 142 Å². The van der Waals surface area contributed by atoms with Crippen molar-refractivity contribution < 1.29 is 48.5 Å². The van der Waals surface area contributed by atoms with Crippen molar-refractivity contribution in [1.82, 2.24) is 10.6 Å². The molecule has 0 aliphatic rings. The van der Waals surface area contributed by atoms with Gasteiger partial charge in [0.1, 0.15) is 12.4 Å². The van der Waals surface area contributed by atoms with Crippen LogP contribution in [0.25, 0.3) is 0 Å². The second-order valence-electron chi connectivity index (χ2n) is 12.8. The minimum Gasteiger partial charge on any atom is -0.481 e. The van der Waals surface area contributed by atoms with Crippen molar-refractivity contribution in [2.45, 2.75) is 148 Å². The molecule has 0 aromatic heterocycles. The second kappa shape index (κ2) is 32.3. The van der Waals surface area contributed by atoms with Gasteiger partial charge in [-0.05, 0) is 26.2 Å². The number of carboxylic acids is 2. The third-order valence-corrected chi connectivity index (χ3v) is 8.37. The molecule has 284 valence electrons. The fourth-order valence-electron chi connectivity index (χ4n) is 5.34. The van der Waals surface area contributed by atoms with Crippen molar-refractivity contribution in [1.29, 1.82) is 0 Å². The minimum absolute atomic E-state index is 0.00509. The standard InChI is InChI=1S/C36H65N3O10/c1-29(32(41)27-37)39-34(43)28-49-25-24-48-23-22-38-33(42)21-20-30(36(46)47)26-31(40)18-16-14-12-10-8-6-4-2-3-5-7-9-11-13-15-17-19-35(44)45/h29-30H,2-28,37H2,1H3,(H,38,42)(H,39,43)(H,44,45)(H,46,47)/t29-,30+/m0/s1. The van der Waals surface area contributed by atoms with Gasteiger partial charge in [0.05, 0.1) is 38.3 Å². The van der Waals surface area contributed by atoms with Crippen molar-refractivity contribution in [3.05, 3.63) is 0 Å². The number of hydrogen-bond donors (Lipinski definition) is 5. The molecule has 0 spiro atoms. The zero-order valence-corrected chi connectivity index (χ0v) is 30.0. The Balaban J connectivity index is 3.70. The summed E-state index contributed by atoms with van der Waals surface area (Å²) in [5, 5.41) is 23.3. The molecule has 0 radical (unpaired) electrons. The molecule has 13 heteroatoms. The van der Waals surface area contributed by atoms with E-state index in [2.05, 4.69) is 10.6 Å². The number of carbonyl (C=O) groups is 6. The quantitative estimate of drug-likeness (QED) is 0.0565. The van der Waals surface area contributed by atoms with Crippen molar-refractivity contribution >= 4 is 35.3 Å². The molecule has 0 aliphatic heterocycles. The highest BCUT2D eigenvalue weighted by Gasteiger charge is 2.22. The Morgan fingerprint density at radius 1 is 0.633 bits per heavy atom. The number of Topliss-reactive ketones (excluding diaryl/α,β-unsaturated/α-hetero) is 2. The van der Waals surface area contributed by atoms with Crippen LogP contribution in [0, 0.1) is 5.92 Å². The van der Waals surface area contributed by atoms with Crippen molar-refractivity contribution in [3.8, 4) is 0 Å². The molecule has 0 unspecified atom stereocenters. The Morgan fingerprint density at radius 3 is 1.61 bits per heavy atom. The maximum absolute atomic E-state index is 12.4. The van der Waals surface area contributed by atoms with Gasteiger partial charge in [-0.1, -0.05) is 89.9 Å². The lowest BCUT2D eigenvalue weighted by atomic mass is 9.94. The van der Waals surface area contributed by atoms with E-state index >= 15 is 0 Å². The molecule has 0 heterocycles. The molecule has 2 atom stereocenters. The summed E-state index contributed by atoms with van der Waals surface area (Å²) in [6.07, 6.45) is 18.8. The van der Waals surface area contributed by atoms with Gasteiger partial charge in [0, 0.05) is 32.2 Å². The number of carboxylic acid groups (broad SMARTS) is 2. The first kappa shape index (κ1) is 46.1. The highest BCUT2D eigenvalue weighted by molar-refractivity contribution is 5.90. The number of aliphatic carboxylic acids is 2. The van der Waals surface area contributed by atoms with Crippen molar-refractivity contribution in [2.75, 3.05) is 39.5 Å². The number of unbranched alkanes of at least 4 members (excludes halogenated alkanes) is 15. The van der Waals surface area contributed by atoms with E-state index in [9.17, 15) is 33.9 Å². The number of carbonyl (C=O) groups excluding carboxylic acids is 4. The predicted octanol–water partition coefficient (Wildman–Crippen LogP) is 4.71. The molecular formula is C36H65N3O10. The van der Waals surface area contributed by atoms with Crippen LogP contribution in [0.4, 0.5) is 0 Å². The first-order valence-electron chi connectivity index (χ1n) is 18.5. The summed E-state index contributed by atoms with van der Waals surface area (Å²) in [7, 11) is 0. The molecule has 13 nitrogen and oxygen atoms in total. The molecule has 0 aromatic rings. The molecule has 0 bridgehead atoms.